The average molecular weight is 745 g/mol. The average Bonchev–Trinajstić information content (AvgIpc) is 3.15. The molecule has 8 N–H and O–H groups in total. The normalized spacial score (nSPS) is 14.5. The molecule has 0 spiro atoms. The molecule has 2 atom stereocenters. The van der Waals surface area contributed by atoms with E-state index in [0.717, 1.165) is 6.92 Å². The molecule has 2 unspecified atom stereocenters. The van der Waals surface area contributed by atoms with Crippen molar-refractivity contribution in [2.24, 2.45) is 33.0 Å². The maximum Gasteiger partial charge on any atom is 0.317 e. The standard InChI is InChI=1S/C31H52O20/c1-27(10-32,11-33)22(41)48-8-20(9-49-23(42)28(2,12-34)13-35)21(40)46-6-7-47-25(44)30(4,16-38)18-51-26(45)31(5,17-39)19-50-24(43)29(3,14-36)15-37/h20,32-39H,6-19H2,1-5H3. The van der Waals surface area contributed by atoms with Crippen LogP contribution in [0.2, 0.25) is 0 Å². The summed E-state index contributed by atoms with van der Waals surface area (Å²) in [6, 6.07) is 0. The van der Waals surface area contributed by atoms with Crippen molar-refractivity contribution >= 4 is 35.8 Å². The third kappa shape index (κ3) is 13.2. The first-order valence-corrected chi connectivity index (χ1v) is 15.6. The van der Waals surface area contributed by atoms with E-state index in [4.69, 9.17) is 28.4 Å². The number of aliphatic hydroxyl groups excluding tert-OH is 8. The minimum atomic E-state index is -1.87. The second-order valence-electron chi connectivity index (χ2n) is 13.4. The zero-order valence-electron chi connectivity index (χ0n) is 29.5. The molecule has 0 saturated carbocycles. The minimum absolute atomic E-state index is 0.612. The first-order valence-electron chi connectivity index (χ1n) is 15.6. The lowest BCUT2D eigenvalue weighted by Gasteiger charge is -2.30. The minimum Gasteiger partial charge on any atom is -0.464 e. The van der Waals surface area contributed by atoms with Crippen LogP contribution in [-0.2, 0) is 57.2 Å². The molecule has 0 aliphatic rings. The third-order valence-corrected chi connectivity index (χ3v) is 8.02. The molecule has 0 radical (unpaired) electrons. The number of esters is 6. The molecule has 0 rings (SSSR count). The number of aliphatic hydroxyl groups is 8. The Balaban J connectivity index is 5.41. The van der Waals surface area contributed by atoms with Gasteiger partial charge in [0, 0.05) is 0 Å². The molecule has 20 nitrogen and oxygen atoms in total. The van der Waals surface area contributed by atoms with Gasteiger partial charge >= 0.3 is 35.8 Å². The summed E-state index contributed by atoms with van der Waals surface area (Å²) in [6.45, 7) is -4.91. The molecular formula is C31H52O20. The Morgan fingerprint density at radius 3 is 0.961 bits per heavy atom. The van der Waals surface area contributed by atoms with Gasteiger partial charge in [-0.2, -0.15) is 0 Å². The molecule has 0 fully saturated rings. The Morgan fingerprint density at radius 2 is 0.647 bits per heavy atom. The summed E-state index contributed by atoms with van der Waals surface area (Å²) in [4.78, 5) is 75.3. The van der Waals surface area contributed by atoms with E-state index in [9.17, 15) is 69.6 Å². The molecule has 0 aromatic heterocycles. The van der Waals surface area contributed by atoms with E-state index in [2.05, 4.69) is 0 Å². The van der Waals surface area contributed by atoms with E-state index in [1.54, 1.807) is 0 Å². The molecule has 51 heavy (non-hydrogen) atoms. The fourth-order valence-electron chi connectivity index (χ4n) is 3.13. The van der Waals surface area contributed by atoms with Gasteiger partial charge in [-0.3, -0.25) is 28.8 Å². The van der Waals surface area contributed by atoms with Gasteiger partial charge in [0.15, 0.2) is 0 Å². The highest BCUT2D eigenvalue weighted by Gasteiger charge is 2.43. The monoisotopic (exact) mass is 744 g/mol. The van der Waals surface area contributed by atoms with Crippen LogP contribution in [0.25, 0.3) is 0 Å². The van der Waals surface area contributed by atoms with Crippen molar-refractivity contribution in [1.82, 2.24) is 0 Å². The van der Waals surface area contributed by atoms with E-state index in [1.165, 1.54) is 27.7 Å². The van der Waals surface area contributed by atoms with Crippen LogP contribution in [0.3, 0.4) is 0 Å². The van der Waals surface area contributed by atoms with Crippen molar-refractivity contribution < 1.29 is 98.0 Å². The quantitative estimate of drug-likeness (QED) is 0.0250. The largest absolute Gasteiger partial charge is 0.464 e. The van der Waals surface area contributed by atoms with Crippen LogP contribution in [0.1, 0.15) is 34.6 Å². The molecule has 20 heteroatoms. The molecule has 0 heterocycles. The van der Waals surface area contributed by atoms with Gasteiger partial charge in [0.05, 0.1) is 52.9 Å². The highest BCUT2D eigenvalue weighted by atomic mass is 16.6. The maximum atomic E-state index is 12.8. The highest BCUT2D eigenvalue weighted by Crippen LogP contribution is 2.26. The summed E-state index contributed by atoms with van der Waals surface area (Å²) >= 11 is 0. The van der Waals surface area contributed by atoms with E-state index < -0.39 is 161 Å². The van der Waals surface area contributed by atoms with Gasteiger partial charge in [-0.15, -0.1) is 0 Å². The van der Waals surface area contributed by atoms with E-state index in [1.807, 2.05) is 0 Å². The lowest BCUT2D eigenvalue weighted by atomic mass is 9.90. The predicted octanol–water partition coefficient (Wildman–Crippen LogP) is -4.17. The smallest absolute Gasteiger partial charge is 0.317 e. The van der Waals surface area contributed by atoms with Crippen LogP contribution < -0.4 is 0 Å². The summed E-state index contributed by atoms with van der Waals surface area (Å²) in [5.41, 5.74) is -8.86. The van der Waals surface area contributed by atoms with Crippen molar-refractivity contribution in [2.45, 2.75) is 34.6 Å². The van der Waals surface area contributed by atoms with Crippen molar-refractivity contribution in [3.8, 4) is 0 Å². The maximum absolute atomic E-state index is 12.8. The van der Waals surface area contributed by atoms with Crippen LogP contribution in [0.4, 0.5) is 0 Å². The van der Waals surface area contributed by atoms with E-state index in [-0.39, 0.29) is 0 Å². The van der Waals surface area contributed by atoms with Crippen molar-refractivity contribution in [3.63, 3.8) is 0 Å². The van der Waals surface area contributed by atoms with Gasteiger partial charge in [-0.25, -0.2) is 0 Å². The topological polar surface area (TPSA) is 320 Å². The molecule has 0 aromatic rings. The Kier molecular flexibility index (Phi) is 19.7. The molecule has 0 amide bonds. The molecule has 0 saturated heterocycles. The zero-order valence-corrected chi connectivity index (χ0v) is 29.5. The molecule has 0 aliphatic heterocycles. The number of rotatable bonds is 25. The number of carbonyl (C=O) groups is 6. The number of carbonyl (C=O) groups excluding carboxylic acids is 6. The molecule has 0 bridgehead atoms. The molecular weight excluding hydrogens is 692 g/mol. The first-order chi connectivity index (χ1) is 23.7. The Bertz CT molecular complexity index is 1130. The van der Waals surface area contributed by atoms with E-state index in [0.29, 0.717) is 0 Å². The third-order valence-electron chi connectivity index (χ3n) is 8.02. The van der Waals surface area contributed by atoms with Crippen molar-refractivity contribution in [1.29, 1.82) is 0 Å². The van der Waals surface area contributed by atoms with Gasteiger partial charge in [0.1, 0.15) is 72.6 Å². The lowest BCUT2D eigenvalue weighted by Crippen LogP contribution is -2.45. The van der Waals surface area contributed by atoms with Crippen molar-refractivity contribution in [3.05, 3.63) is 0 Å². The molecule has 296 valence electrons. The highest BCUT2D eigenvalue weighted by molar-refractivity contribution is 5.81. The van der Waals surface area contributed by atoms with Gasteiger partial charge in [-0.05, 0) is 34.6 Å². The van der Waals surface area contributed by atoms with Crippen LogP contribution in [-0.4, -0.2) is 169 Å². The summed E-state index contributed by atoms with van der Waals surface area (Å²) in [5, 5.41) is 76.0. The zero-order chi connectivity index (χ0) is 39.7. The van der Waals surface area contributed by atoms with Crippen LogP contribution >= 0.6 is 0 Å². The second-order valence-corrected chi connectivity index (χ2v) is 13.4. The molecule has 0 aliphatic carbocycles. The van der Waals surface area contributed by atoms with Gasteiger partial charge < -0.3 is 69.3 Å². The Morgan fingerprint density at radius 1 is 0.392 bits per heavy atom. The summed E-state index contributed by atoms with van der Waals surface area (Å²) in [6.07, 6.45) is 0. The first kappa shape index (κ1) is 47.5. The van der Waals surface area contributed by atoms with Gasteiger partial charge in [-0.1, -0.05) is 0 Å². The van der Waals surface area contributed by atoms with Crippen LogP contribution in [0, 0.1) is 33.0 Å². The summed E-state index contributed by atoms with van der Waals surface area (Å²) in [5.74, 6) is -8.15. The number of hydrogen-bond acceptors (Lipinski definition) is 20. The summed E-state index contributed by atoms with van der Waals surface area (Å²) in [7, 11) is 0. The number of hydrogen-bond donors (Lipinski definition) is 8. The fraction of sp³-hybridized carbons (Fsp3) is 0.806. The second kappa shape index (κ2) is 21.1. The summed E-state index contributed by atoms with van der Waals surface area (Å²) < 4.78 is 30.2. The van der Waals surface area contributed by atoms with Gasteiger partial charge in [0.2, 0.25) is 0 Å². The lowest BCUT2D eigenvalue weighted by molar-refractivity contribution is -0.180. The van der Waals surface area contributed by atoms with Crippen LogP contribution in [0.15, 0.2) is 0 Å². The SMILES string of the molecule is CC(CO)(CO)C(=O)OCC(COC(=O)C(C)(CO)CO)C(=O)OCCOC(=O)C(C)(CO)COC(=O)C(C)(CO)COC(=O)C(C)(CO)CO. The fourth-order valence-corrected chi connectivity index (χ4v) is 3.13. The Labute approximate surface area is 294 Å². The van der Waals surface area contributed by atoms with Crippen molar-refractivity contribution in [2.75, 3.05) is 92.5 Å². The predicted molar refractivity (Wildman–Crippen MR) is 166 cm³/mol. The van der Waals surface area contributed by atoms with Gasteiger partial charge in [0.25, 0.3) is 0 Å². The molecule has 0 aromatic carbocycles. The number of ether oxygens (including phenoxy) is 6. The van der Waals surface area contributed by atoms with Crippen LogP contribution in [0.5, 0.6) is 0 Å². The van der Waals surface area contributed by atoms with E-state index >= 15 is 0 Å². The Hall–Kier alpha value is -3.50.